The van der Waals surface area contributed by atoms with E-state index in [9.17, 15) is 14.4 Å². The van der Waals surface area contributed by atoms with Crippen molar-refractivity contribution in [2.45, 2.75) is 19.9 Å². The fraction of sp³-hybridized carbons (Fsp3) is 0.278. The number of carbonyl (C=O) groups excluding carboxylic acids is 1. The number of aromatic nitrogens is 2. The van der Waals surface area contributed by atoms with Gasteiger partial charge in [0.05, 0.1) is 12.8 Å². The highest BCUT2D eigenvalue weighted by Crippen LogP contribution is 2.30. The molecule has 1 aromatic heterocycles. The van der Waals surface area contributed by atoms with Gasteiger partial charge in [-0.05, 0) is 30.7 Å². The number of nitrogens with one attached hydrogen (secondary N) is 1. The predicted molar refractivity (Wildman–Crippen MR) is 103 cm³/mol. The molecular formula is C18H18BrN3O4. The predicted octanol–water partition coefficient (Wildman–Crippen LogP) is 2.38. The number of methoxy groups -OCH3 is 1. The third-order valence-electron chi connectivity index (χ3n) is 4.21. The van der Waals surface area contributed by atoms with Gasteiger partial charge in [-0.15, -0.1) is 0 Å². The van der Waals surface area contributed by atoms with E-state index in [2.05, 4.69) is 21.2 Å². The number of allylic oxidation sites excluding steroid dienone is 1. The van der Waals surface area contributed by atoms with Gasteiger partial charge in [0.25, 0.3) is 5.56 Å². The van der Waals surface area contributed by atoms with Gasteiger partial charge in [-0.25, -0.2) is 4.79 Å². The Morgan fingerprint density at radius 2 is 2.00 bits per heavy atom. The number of carbonyl (C=O) groups is 1. The van der Waals surface area contributed by atoms with E-state index in [-0.39, 0.29) is 17.1 Å². The molecule has 0 bridgehead atoms. The summed E-state index contributed by atoms with van der Waals surface area (Å²) in [6.07, 6.45) is 2.31. The minimum absolute atomic E-state index is 0.0132. The summed E-state index contributed by atoms with van der Waals surface area (Å²) < 4.78 is 8.54. The van der Waals surface area contributed by atoms with Crippen molar-refractivity contribution in [3.05, 3.63) is 60.3 Å². The second-order valence-electron chi connectivity index (χ2n) is 5.92. The Morgan fingerprint density at radius 1 is 1.27 bits per heavy atom. The van der Waals surface area contributed by atoms with E-state index in [1.807, 2.05) is 13.0 Å². The van der Waals surface area contributed by atoms with Crippen LogP contribution < -0.4 is 21.3 Å². The van der Waals surface area contributed by atoms with Crippen molar-refractivity contribution < 1.29 is 9.53 Å². The molecule has 2 heterocycles. The Labute approximate surface area is 158 Å². The lowest BCUT2D eigenvalue weighted by atomic mass is 10.1. The Bertz CT molecular complexity index is 1050. The highest BCUT2D eigenvalue weighted by Gasteiger charge is 2.32. The maximum Gasteiger partial charge on any atom is 0.332 e. The molecule has 7 nitrogen and oxygen atoms in total. The Morgan fingerprint density at radius 3 is 2.65 bits per heavy atom. The van der Waals surface area contributed by atoms with Gasteiger partial charge < -0.3 is 10.1 Å². The Hall–Kier alpha value is -2.61. The van der Waals surface area contributed by atoms with Gasteiger partial charge in [0.15, 0.2) is 0 Å². The number of benzene rings is 1. The van der Waals surface area contributed by atoms with Crippen molar-refractivity contribution in [2.75, 3.05) is 12.4 Å². The van der Waals surface area contributed by atoms with E-state index in [4.69, 9.17) is 4.74 Å². The fourth-order valence-electron chi connectivity index (χ4n) is 2.93. The lowest BCUT2D eigenvalue weighted by Gasteiger charge is -2.11. The SMILES string of the molecule is CCCn1c2c(c(=O)n(C)c1=O)C(=O)/C(=C/c1cc(Br)ccc1OC)N2. The molecule has 0 saturated carbocycles. The summed E-state index contributed by atoms with van der Waals surface area (Å²) in [6.45, 7) is 2.33. The normalized spacial score (nSPS) is 14.5. The second-order valence-corrected chi connectivity index (χ2v) is 6.84. The first kappa shape index (κ1) is 18.2. The summed E-state index contributed by atoms with van der Waals surface area (Å²) in [5.74, 6) is 0.405. The first-order valence-electron chi connectivity index (χ1n) is 8.09. The lowest BCUT2D eigenvalue weighted by molar-refractivity contribution is 0.104. The number of rotatable bonds is 4. The number of ketones is 1. The maximum atomic E-state index is 12.8. The number of anilines is 1. The third kappa shape index (κ3) is 2.90. The number of Topliss-reactive ketones (excluding diaryl/α,β-unsaturated/α-hetero) is 1. The molecule has 0 aliphatic carbocycles. The molecule has 0 atom stereocenters. The van der Waals surface area contributed by atoms with Crippen molar-refractivity contribution in [1.29, 1.82) is 0 Å². The molecular weight excluding hydrogens is 402 g/mol. The van der Waals surface area contributed by atoms with Gasteiger partial charge in [-0.2, -0.15) is 0 Å². The van der Waals surface area contributed by atoms with Crippen molar-refractivity contribution in [2.24, 2.45) is 7.05 Å². The van der Waals surface area contributed by atoms with Gasteiger partial charge in [-0.1, -0.05) is 22.9 Å². The molecule has 1 aromatic carbocycles. The molecule has 1 N–H and O–H groups in total. The summed E-state index contributed by atoms with van der Waals surface area (Å²) in [4.78, 5) is 37.7. The number of nitrogens with zero attached hydrogens (tertiary/aromatic N) is 2. The van der Waals surface area contributed by atoms with E-state index in [1.165, 1.54) is 11.6 Å². The standard InChI is InChI=1S/C18H18BrN3O4/c1-4-7-22-16-14(17(24)21(2)18(22)25)15(23)12(20-16)9-10-8-11(19)5-6-13(10)26-3/h5-6,8-9,20H,4,7H2,1-3H3/b12-9-. The van der Waals surface area contributed by atoms with Crippen LogP contribution in [0.25, 0.3) is 6.08 Å². The zero-order valence-corrected chi connectivity index (χ0v) is 16.2. The highest BCUT2D eigenvalue weighted by molar-refractivity contribution is 9.10. The zero-order chi connectivity index (χ0) is 19.0. The van der Waals surface area contributed by atoms with Crippen LogP contribution in [0.2, 0.25) is 0 Å². The average molecular weight is 420 g/mol. The quantitative estimate of drug-likeness (QED) is 0.769. The smallest absolute Gasteiger partial charge is 0.332 e. The van der Waals surface area contributed by atoms with Crippen molar-refractivity contribution in [3.8, 4) is 5.75 Å². The number of ether oxygens (including phenoxy) is 1. The van der Waals surface area contributed by atoms with Crippen LogP contribution in [0.3, 0.4) is 0 Å². The van der Waals surface area contributed by atoms with Gasteiger partial charge >= 0.3 is 5.69 Å². The number of hydrogen-bond acceptors (Lipinski definition) is 5. The molecule has 0 fully saturated rings. The van der Waals surface area contributed by atoms with Crippen LogP contribution in [-0.2, 0) is 13.6 Å². The molecule has 0 spiro atoms. The molecule has 0 unspecified atom stereocenters. The maximum absolute atomic E-state index is 12.8. The van der Waals surface area contributed by atoms with Crippen LogP contribution in [0.5, 0.6) is 5.75 Å². The fourth-order valence-corrected chi connectivity index (χ4v) is 3.31. The molecule has 0 radical (unpaired) electrons. The molecule has 1 aliphatic rings. The second kappa shape index (κ2) is 6.95. The number of hydrogen-bond donors (Lipinski definition) is 1. The van der Waals surface area contributed by atoms with Gasteiger partial charge in [-0.3, -0.25) is 18.7 Å². The summed E-state index contributed by atoms with van der Waals surface area (Å²) in [5.41, 5.74) is -0.159. The zero-order valence-electron chi connectivity index (χ0n) is 14.6. The minimum atomic E-state index is -0.598. The summed E-state index contributed by atoms with van der Waals surface area (Å²) in [6, 6.07) is 5.41. The topological polar surface area (TPSA) is 82.3 Å². The molecule has 26 heavy (non-hydrogen) atoms. The third-order valence-corrected chi connectivity index (χ3v) is 4.70. The van der Waals surface area contributed by atoms with Gasteiger partial charge in [0, 0.05) is 23.6 Å². The van der Waals surface area contributed by atoms with Gasteiger partial charge in [0.2, 0.25) is 5.78 Å². The number of halogens is 1. The van der Waals surface area contributed by atoms with Crippen LogP contribution in [0.4, 0.5) is 5.82 Å². The summed E-state index contributed by atoms with van der Waals surface area (Å²) >= 11 is 3.39. The van der Waals surface area contributed by atoms with Crippen LogP contribution in [0.15, 0.2) is 38.0 Å². The van der Waals surface area contributed by atoms with Crippen molar-refractivity contribution >= 4 is 33.6 Å². The average Bonchev–Trinajstić information content (AvgIpc) is 2.93. The van der Waals surface area contributed by atoms with E-state index in [0.29, 0.717) is 24.3 Å². The molecule has 0 saturated heterocycles. The van der Waals surface area contributed by atoms with E-state index in [1.54, 1.807) is 25.3 Å². The summed E-state index contributed by atoms with van der Waals surface area (Å²) in [5, 5.41) is 2.96. The minimum Gasteiger partial charge on any atom is -0.496 e. The molecule has 2 aromatic rings. The van der Waals surface area contributed by atoms with Crippen LogP contribution in [0.1, 0.15) is 29.3 Å². The Kier molecular flexibility index (Phi) is 4.86. The molecule has 8 heteroatoms. The van der Waals surface area contributed by atoms with Gasteiger partial charge in [0.1, 0.15) is 17.1 Å². The first-order valence-corrected chi connectivity index (χ1v) is 8.89. The van der Waals surface area contributed by atoms with Crippen molar-refractivity contribution in [1.82, 2.24) is 9.13 Å². The molecule has 1 aliphatic heterocycles. The van der Waals surface area contributed by atoms with E-state index in [0.717, 1.165) is 9.04 Å². The molecule has 136 valence electrons. The summed E-state index contributed by atoms with van der Waals surface area (Å²) in [7, 11) is 2.92. The largest absolute Gasteiger partial charge is 0.496 e. The molecule has 0 amide bonds. The molecule has 3 rings (SSSR count). The monoisotopic (exact) mass is 419 g/mol. The Balaban J connectivity index is 2.18. The van der Waals surface area contributed by atoms with Crippen LogP contribution in [-0.4, -0.2) is 22.0 Å². The van der Waals surface area contributed by atoms with E-state index >= 15 is 0 Å². The highest BCUT2D eigenvalue weighted by atomic mass is 79.9. The first-order chi connectivity index (χ1) is 12.4. The van der Waals surface area contributed by atoms with Crippen LogP contribution in [0, 0.1) is 0 Å². The number of fused-ring (bicyclic) bond motifs is 1. The van der Waals surface area contributed by atoms with Crippen molar-refractivity contribution in [3.63, 3.8) is 0 Å². The lowest BCUT2D eigenvalue weighted by Crippen LogP contribution is -2.40. The van der Waals surface area contributed by atoms with Crippen LogP contribution >= 0.6 is 15.9 Å². The van der Waals surface area contributed by atoms with E-state index < -0.39 is 17.0 Å².